The summed E-state index contributed by atoms with van der Waals surface area (Å²) in [6.07, 6.45) is 0. The van der Waals surface area contributed by atoms with E-state index in [4.69, 9.17) is 23.8 Å². The van der Waals surface area contributed by atoms with Gasteiger partial charge in [-0.15, -0.1) is 0 Å². The highest BCUT2D eigenvalue weighted by atomic mass is 16.3. The molecule has 0 amide bonds. The Morgan fingerprint density at radius 1 is 0.431 bits per heavy atom. The molecule has 0 saturated heterocycles. The van der Waals surface area contributed by atoms with Crippen LogP contribution < -0.4 is 0 Å². The minimum atomic E-state index is -0.269. The molecular formula is C46H29N3O2. The first kappa shape index (κ1) is 28.3. The Bertz CT molecular complexity index is 3060. The second-order valence-electron chi connectivity index (χ2n) is 13.9. The van der Waals surface area contributed by atoms with E-state index in [-0.39, 0.29) is 5.41 Å². The zero-order valence-electron chi connectivity index (χ0n) is 27.9. The highest BCUT2D eigenvalue weighted by molar-refractivity contribution is 6.25. The number of hydrogen-bond acceptors (Lipinski definition) is 5. The van der Waals surface area contributed by atoms with Gasteiger partial charge >= 0.3 is 0 Å². The molecule has 0 atom stereocenters. The second-order valence-corrected chi connectivity index (χ2v) is 13.9. The van der Waals surface area contributed by atoms with Crippen molar-refractivity contribution < 1.29 is 8.83 Å². The molecule has 11 rings (SSSR count). The first-order valence-electron chi connectivity index (χ1n) is 17.3. The smallest absolute Gasteiger partial charge is 0.167 e. The van der Waals surface area contributed by atoms with E-state index < -0.39 is 0 Å². The SMILES string of the molecule is CC1(C)c2ccccc2-c2c1c1c(oc3cccc(-c4nc(-c5ccccc5)nc(-c5cccc6c5oc5ccccc56)n4)c31)c1ccccc21. The lowest BCUT2D eigenvalue weighted by Gasteiger charge is -2.23. The van der Waals surface area contributed by atoms with E-state index in [0.29, 0.717) is 17.5 Å². The van der Waals surface area contributed by atoms with Crippen LogP contribution in [0.15, 0.2) is 148 Å². The molecule has 5 heteroatoms. The molecule has 5 nitrogen and oxygen atoms in total. The molecule has 0 spiro atoms. The average molecular weight is 656 g/mol. The summed E-state index contributed by atoms with van der Waals surface area (Å²) in [6.45, 7) is 4.66. The Morgan fingerprint density at radius 2 is 1.00 bits per heavy atom. The molecular weight excluding hydrogens is 627 g/mol. The first-order chi connectivity index (χ1) is 25.1. The van der Waals surface area contributed by atoms with Crippen molar-refractivity contribution in [3.05, 3.63) is 151 Å². The maximum atomic E-state index is 6.88. The normalized spacial score (nSPS) is 13.5. The first-order valence-corrected chi connectivity index (χ1v) is 17.3. The maximum Gasteiger partial charge on any atom is 0.167 e. The van der Waals surface area contributed by atoms with Crippen LogP contribution in [0.4, 0.5) is 0 Å². The molecule has 0 radical (unpaired) electrons. The van der Waals surface area contributed by atoms with Crippen LogP contribution in [0, 0.1) is 0 Å². The number of rotatable bonds is 3. The quantitative estimate of drug-likeness (QED) is 0.189. The van der Waals surface area contributed by atoms with Gasteiger partial charge in [-0.1, -0.05) is 135 Å². The Balaban J connectivity index is 1.26. The van der Waals surface area contributed by atoms with Crippen LogP contribution in [0.5, 0.6) is 0 Å². The van der Waals surface area contributed by atoms with E-state index in [1.54, 1.807) is 0 Å². The van der Waals surface area contributed by atoms with Gasteiger partial charge in [-0.25, -0.2) is 15.0 Å². The summed E-state index contributed by atoms with van der Waals surface area (Å²) < 4.78 is 13.4. The van der Waals surface area contributed by atoms with E-state index in [0.717, 1.165) is 66.0 Å². The van der Waals surface area contributed by atoms with Gasteiger partial charge in [0.05, 0.1) is 5.56 Å². The summed E-state index contributed by atoms with van der Waals surface area (Å²) in [5.41, 5.74) is 10.8. The van der Waals surface area contributed by atoms with Crippen molar-refractivity contribution in [2.75, 3.05) is 0 Å². The number of furan rings is 2. The molecule has 10 aromatic rings. The Labute approximate surface area is 292 Å². The van der Waals surface area contributed by atoms with E-state index >= 15 is 0 Å². The lowest BCUT2D eigenvalue weighted by atomic mass is 9.79. The van der Waals surface area contributed by atoms with Crippen molar-refractivity contribution in [2.24, 2.45) is 0 Å². The van der Waals surface area contributed by atoms with Gasteiger partial charge in [0.25, 0.3) is 0 Å². The molecule has 0 fully saturated rings. The average Bonchev–Trinajstić information content (AvgIpc) is 3.83. The third-order valence-corrected chi connectivity index (χ3v) is 10.7. The summed E-state index contributed by atoms with van der Waals surface area (Å²) in [7, 11) is 0. The largest absolute Gasteiger partial charge is 0.455 e. The molecule has 1 aliphatic carbocycles. The van der Waals surface area contributed by atoms with Crippen LogP contribution >= 0.6 is 0 Å². The van der Waals surface area contributed by atoms with Crippen molar-refractivity contribution in [3.8, 4) is 45.3 Å². The van der Waals surface area contributed by atoms with Crippen molar-refractivity contribution >= 4 is 54.6 Å². The molecule has 0 bridgehead atoms. The monoisotopic (exact) mass is 655 g/mol. The minimum absolute atomic E-state index is 0.269. The third-order valence-electron chi connectivity index (χ3n) is 10.7. The van der Waals surface area contributed by atoms with Crippen molar-refractivity contribution in [2.45, 2.75) is 19.3 Å². The van der Waals surface area contributed by atoms with E-state index in [1.165, 1.54) is 27.6 Å². The third kappa shape index (κ3) is 3.89. The zero-order chi connectivity index (χ0) is 33.8. The molecule has 3 aromatic heterocycles. The van der Waals surface area contributed by atoms with Gasteiger partial charge in [0, 0.05) is 43.5 Å². The van der Waals surface area contributed by atoms with Gasteiger partial charge in [0.15, 0.2) is 17.5 Å². The van der Waals surface area contributed by atoms with Crippen LogP contribution in [0.2, 0.25) is 0 Å². The van der Waals surface area contributed by atoms with Crippen molar-refractivity contribution in [1.29, 1.82) is 0 Å². The van der Waals surface area contributed by atoms with E-state index in [2.05, 4.69) is 86.6 Å². The number of para-hydroxylation sites is 2. The Kier molecular flexibility index (Phi) is 5.66. The number of hydrogen-bond donors (Lipinski definition) is 0. The summed E-state index contributed by atoms with van der Waals surface area (Å²) >= 11 is 0. The molecule has 0 N–H and O–H groups in total. The van der Waals surface area contributed by atoms with Gasteiger partial charge in [-0.05, 0) is 45.8 Å². The predicted octanol–water partition coefficient (Wildman–Crippen LogP) is 12.1. The van der Waals surface area contributed by atoms with Crippen molar-refractivity contribution in [1.82, 2.24) is 15.0 Å². The van der Waals surface area contributed by atoms with Gasteiger partial charge < -0.3 is 8.83 Å². The number of nitrogens with zero attached hydrogens (tertiary/aromatic N) is 3. The number of benzene rings is 7. The fourth-order valence-corrected chi connectivity index (χ4v) is 8.46. The summed E-state index contributed by atoms with van der Waals surface area (Å²) in [5, 5.41) is 6.50. The van der Waals surface area contributed by atoms with Gasteiger partial charge in [-0.3, -0.25) is 0 Å². The highest BCUT2D eigenvalue weighted by Crippen LogP contribution is 2.56. The molecule has 3 heterocycles. The molecule has 0 unspecified atom stereocenters. The lowest BCUT2D eigenvalue weighted by molar-refractivity contribution is 0.659. The predicted molar refractivity (Wildman–Crippen MR) is 206 cm³/mol. The van der Waals surface area contributed by atoms with Gasteiger partial charge in [0.1, 0.15) is 22.3 Å². The fourth-order valence-electron chi connectivity index (χ4n) is 8.46. The topological polar surface area (TPSA) is 65.0 Å². The molecule has 7 aromatic carbocycles. The molecule has 240 valence electrons. The molecule has 51 heavy (non-hydrogen) atoms. The number of fused-ring (bicyclic) bond motifs is 13. The van der Waals surface area contributed by atoms with Crippen LogP contribution in [0.3, 0.4) is 0 Å². The van der Waals surface area contributed by atoms with E-state index in [9.17, 15) is 0 Å². The maximum absolute atomic E-state index is 6.88. The summed E-state index contributed by atoms with van der Waals surface area (Å²) in [4.78, 5) is 15.6. The molecule has 0 aliphatic heterocycles. The Morgan fingerprint density at radius 3 is 1.86 bits per heavy atom. The molecule has 0 saturated carbocycles. The number of aromatic nitrogens is 3. The van der Waals surface area contributed by atoms with Crippen LogP contribution in [0.25, 0.3) is 99.9 Å². The summed E-state index contributed by atoms with van der Waals surface area (Å²) in [5.74, 6) is 1.73. The van der Waals surface area contributed by atoms with E-state index in [1.807, 2.05) is 66.7 Å². The van der Waals surface area contributed by atoms with Crippen molar-refractivity contribution in [3.63, 3.8) is 0 Å². The van der Waals surface area contributed by atoms with Gasteiger partial charge in [-0.2, -0.15) is 0 Å². The standard InChI is InChI=1S/C46H29N3O2/c1-46(2)34-23-10-8-19-31(34)37-28-17-6-7-18-30(28)42-39(40(37)46)38-32(21-13-25-36(38)51-42)44-47-43(26-14-4-3-5-15-26)48-45(49-44)33-22-12-20-29-27-16-9-11-24-35(27)50-41(29)33/h3-25H,1-2H3. The highest BCUT2D eigenvalue weighted by Gasteiger charge is 2.40. The lowest BCUT2D eigenvalue weighted by Crippen LogP contribution is -2.15. The zero-order valence-corrected chi connectivity index (χ0v) is 27.9. The van der Waals surface area contributed by atoms with Crippen LogP contribution in [-0.4, -0.2) is 15.0 Å². The van der Waals surface area contributed by atoms with Crippen LogP contribution in [0.1, 0.15) is 25.0 Å². The molecule has 1 aliphatic rings. The Hall–Kier alpha value is -6.59. The fraction of sp³-hybridized carbons (Fsp3) is 0.0652. The minimum Gasteiger partial charge on any atom is -0.455 e. The second kappa shape index (κ2) is 10.2. The van der Waals surface area contributed by atoms with Crippen LogP contribution in [-0.2, 0) is 5.41 Å². The van der Waals surface area contributed by atoms with Gasteiger partial charge in [0.2, 0.25) is 0 Å². The summed E-state index contributed by atoms with van der Waals surface area (Å²) in [6, 6.07) is 48.0.